The van der Waals surface area contributed by atoms with Gasteiger partial charge < -0.3 is 0 Å². The standard InChI is InChI=1S/C14H18ClNO2S/c1-3-11-16(12-4-2)19(17,18)14-7-5-13(6-8-14)9-10-15/h3-8H,1-2,9-12H2. The van der Waals surface area contributed by atoms with Gasteiger partial charge in [0.05, 0.1) is 4.90 Å². The molecule has 0 aliphatic carbocycles. The lowest BCUT2D eigenvalue weighted by Crippen LogP contribution is -2.31. The van der Waals surface area contributed by atoms with Crippen molar-refractivity contribution in [1.82, 2.24) is 4.31 Å². The smallest absolute Gasteiger partial charge is 0.207 e. The van der Waals surface area contributed by atoms with E-state index in [4.69, 9.17) is 11.6 Å². The maximum atomic E-state index is 12.4. The number of halogens is 1. The Labute approximate surface area is 120 Å². The van der Waals surface area contributed by atoms with Crippen LogP contribution >= 0.6 is 11.6 Å². The second kappa shape index (κ2) is 7.48. The topological polar surface area (TPSA) is 37.4 Å². The monoisotopic (exact) mass is 299 g/mol. The molecule has 3 nitrogen and oxygen atoms in total. The first-order chi connectivity index (χ1) is 9.06. The summed E-state index contributed by atoms with van der Waals surface area (Å²) in [4.78, 5) is 0.273. The molecule has 0 saturated carbocycles. The number of alkyl halides is 1. The zero-order valence-corrected chi connectivity index (χ0v) is 12.3. The maximum Gasteiger partial charge on any atom is 0.243 e. The molecule has 1 rings (SSSR count). The number of aryl methyl sites for hydroxylation is 1. The third-order valence-electron chi connectivity index (χ3n) is 2.61. The van der Waals surface area contributed by atoms with Gasteiger partial charge in [-0.25, -0.2) is 8.42 Å². The van der Waals surface area contributed by atoms with Crippen molar-refractivity contribution in [2.45, 2.75) is 11.3 Å². The Bertz CT molecular complexity index is 513. The molecular weight excluding hydrogens is 282 g/mol. The summed E-state index contributed by atoms with van der Waals surface area (Å²) >= 11 is 5.65. The predicted octanol–water partition coefficient (Wildman–Crippen LogP) is 2.83. The minimum absolute atomic E-state index is 0.262. The summed E-state index contributed by atoms with van der Waals surface area (Å²) in [6.07, 6.45) is 3.84. The first-order valence-corrected chi connectivity index (χ1v) is 7.90. The quantitative estimate of drug-likeness (QED) is 0.547. The number of hydrogen-bond donors (Lipinski definition) is 0. The number of rotatable bonds is 8. The Morgan fingerprint density at radius 3 is 2.05 bits per heavy atom. The lowest BCUT2D eigenvalue weighted by atomic mass is 10.2. The van der Waals surface area contributed by atoms with E-state index < -0.39 is 10.0 Å². The first kappa shape index (κ1) is 16.0. The van der Waals surface area contributed by atoms with Gasteiger partial charge in [0.15, 0.2) is 0 Å². The average Bonchev–Trinajstić information content (AvgIpc) is 2.39. The van der Waals surface area contributed by atoms with Crippen molar-refractivity contribution in [3.05, 3.63) is 55.1 Å². The van der Waals surface area contributed by atoms with Crippen LogP contribution in [-0.4, -0.2) is 31.7 Å². The summed E-state index contributed by atoms with van der Waals surface area (Å²) in [6, 6.07) is 6.79. The van der Waals surface area contributed by atoms with Crippen LogP contribution in [0.3, 0.4) is 0 Å². The van der Waals surface area contributed by atoms with Gasteiger partial charge in [-0.05, 0) is 24.1 Å². The summed E-state index contributed by atoms with van der Waals surface area (Å²) in [5.74, 6) is 0.519. The molecule has 0 atom stereocenters. The van der Waals surface area contributed by atoms with Crippen LogP contribution in [-0.2, 0) is 16.4 Å². The van der Waals surface area contributed by atoms with Crippen molar-refractivity contribution >= 4 is 21.6 Å². The molecule has 0 bridgehead atoms. The summed E-state index contributed by atoms with van der Waals surface area (Å²) in [5, 5.41) is 0. The van der Waals surface area contributed by atoms with E-state index in [0.29, 0.717) is 5.88 Å². The fraction of sp³-hybridized carbons (Fsp3) is 0.286. The summed E-state index contributed by atoms with van der Waals surface area (Å²) in [5.41, 5.74) is 1.02. The number of nitrogens with zero attached hydrogens (tertiary/aromatic N) is 1. The first-order valence-electron chi connectivity index (χ1n) is 5.93. The van der Waals surface area contributed by atoms with Crippen molar-refractivity contribution in [2.24, 2.45) is 0 Å². The fourth-order valence-electron chi connectivity index (χ4n) is 1.65. The van der Waals surface area contributed by atoms with Gasteiger partial charge >= 0.3 is 0 Å². The molecule has 0 heterocycles. The van der Waals surface area contributed by atoms with Crippen LogP contribution in [0.2, 0.25) is 0 Å². The Hall–Kier alpha value is -1.10. The highest BCUT2D eigenvalue weighted by Crippen LogP contribution is 2.17. The van der Waals surface area contributed by atoms with Crippen LogP contribution in [0, 0.1) is 0 Å². The molecule has 0 amide bonds. The van der Waals surface area contributed by atoms with E-state index in [1.165, 1.54) is 4.31 Å². The highest BCUT2D eigenvalue weighted by atomic mass is 35.5. The molecule has 0 saturated heterocycles. The van der Waals surface area contributed by atoms with E-state index in [-0.39, 0.29) is 18.0 Å². The maximum absolute atomic E-state index is 12.4. The molecule has 0 fully saturated rings. The highest BCUT2D eigenvalue weighted by molar-refractivity contribution is 7.89. The largest absolute Gasteiger partial charge is 0.243 e. The minimum Gasteiger partial charge on any atom is -0.207 e. The van der Waals surface area contributed by atoms with E-state index >= 15 is 0 Å². The zero-order valence-electron chi connectivity index (χ0n) is 10.8. The fourth-order valence-corrected chi connectivity index (χ4v) is 3.24. The molecule has 0 radical (unpaired) electrons. The van der Waals surface area contributed by atoms with Gasteiger partial charge in [-0.3, -0.25) is 0 Å². The van der Waals surface area contributed by atoms with Gasteiger partial charge in [0.2, 0.25) is 10.0 Å². The van der Waals surface area contributed by atoms with Crippen LogP contribution < -0.4 is 0 Å². The molecule has 19 heavy (non-hydrogen) atoms. The SMILES string of the molecule is C=CCN(CC=C)S(=O)(=O)c1ccc(CCCl)cc1. The second-order valence-corrected chi connectivity index (χ2v) is 6.30. The van der Waals surface area contributed by atoms with Crippen LogP contribution in [0.4, 0.5) is 0 Å². The Kier molecular flexibility index (Phi) is 6.28. The van der Waals surface area contributed by atoms with Gasteiger partial charge in [0.25, 0.3) is 0 Å². The number of sulfonamides is 1. The minimum atomic E-state index is -3.50. The van der Waals surface area contributed by atoms with Gasteiger partial charge in [0.1, 0.15) is 0 Å². The lowest BCUT2D eigenvalue weighted by molar-refractivity contribution is 0.474. The third-order valence-corrected chi connectivity index (χ3v) is 4.64. The van der Waals surface area contributed by atoms with Gasteiger partial charge in [-0.15, -0.1) is 24.8 Å². The van der Waals surface area contributed by atoms with Crippen LogP contribution in [0.25, 0.3) is 0 Å². The van der Waals surface area contributed by atoms with Gasteiger partial charge in [-0.1, -0.05) is 24.3 Å². The lowest BCUT2D eigenvalue weighted by Gasteiger charge is -2.19. The van der Waals surface area contributed by atoms with Crippen molar-refractivity contribution < 1.29 is 8.42 Å². The van der Waals surface area contributed by atoms with E-state index in [2.05, 4.69) is 13.2 Å². The van der Waals surface area contributed by atoms with Crippen LogP contribution in [0.5, 0.6) is 0 Å². The van der Waals surface area contributed by atoms with Crippen molar-refractivity contribution in [3.63, 3.8) is 0 Å². The van der Waals surface area contributed by atoms with Gasteiger partial charge in [0, 0.05) is 19.0 Å². The Morgan fingerprint density at radius 2 is 1.63 bits per heavy atom. The average molecular weight is 300 g/mol. The molecule has 104 valence electrons. The third kappa shape index (κ3) is 4.20. The molecule has 0 unspecified atom stereocenters. The number of hydrogen-bond acceptors (Lipinski definition) is 2. The molecule has 0 aliphatic heterocycles. The molecule has 1 aromatic carbocycles. The van der Waals surface area contributed by atoms with E-state index in [1.54, 1.807) is 36.4 Å². The van der Waals surface area contributed by atoms with E-state index in [1.807, 2.05) is 0 Å². The molecule has 1 aromatic rings. The summed E-state index contributed by atoms with van der Waals surface area (Å²) in [7, 11) is -3.50. The Balaban J connectivity index is 3.03. The predicted molar refractivity (Wildman–Crippen MR) is 80.0 cm³/mol. The normalized spacial score (nSPS) is 11.5. The molecule has 5 heteroatoms. The van der Waals surface area contributed by atoms with E-state index in [9.17, 15) is 8.42 Å². The Morgan fingerprint density at radius 1 is 1.11 bits per heavy atom. The summed E-state index contributed by atoms with van der Waals surface area (Å²) < 4.78 is 26.1. The molecular formula is C14H18ClNO2S. The van der Waals surface area contributed by atoms with Crippen molar-refractivity contribution in [2.75, 3.05) is 19.0 Å². The van der Waals surface area contributed by atoms with Gasteiger partial charge in [-0.2, -0.15) is 4.31 Å². The summed E-state index contributed by atoms with van der Waals surface area (Å²) in [6.45, 7) is 7.67. The van der Waals surface area contributed by atoms with Crippen molar-refractivity contribution in [1.29, 1.82) is 0 Å². The van der Waals surface area contributed by atoms with Crippen LogP contribution in [0.15, 0.2) is 54.5 Å². The van der Waals surface area contributed by atoms with E-state index in [0.717, 1.165) is 12.0 Å². The van der Waals surface area contributed by atoms with Crippen molar-refractivity contribution in [3.8, 4) is 0 Å². The molecule has 0 spiro atoms. The second-order valence-electron chi connectivity index (χ2n) is 3.98. The molecule has 0 aromatic heterocycles. The number of benzene rings is 1. The van der Waals surface area contributed by atoms with Crippen LogP contribution in [0.1, 0.15) is 5.56 Å². The highest BCUT2D eigenvalue weighted by Gasteiger charge is 2.21. The molecule has 0 aliphatic rings. The zero-order chi connectivity index (χ0) is 14.3. The molecule has 0 N–H and O–H groups in total.